The van der Waals surface area contributed by atoms with Crippen molar-refractivity contribution in [2.24, 2.45) is 0 Å². The van der Waals surface area contributed by atoms with Crippen LogP contribution in [0.3, 0.4) is 0 Å². The predicted molar refractivity (Wildman–Crippen MR) is 98.2 cm³/mol. The highest BCUT2D eigenvalue weighted by molar-refractivity contribution is 9.11. The normalized spacial score (nSPS) is 14.3. The molecule has 0 saturated heterocycles. The number of methoxy groups -OCH3 is 2. The van der Waals surface area contributed by atoms with Gasteiger partial charge in [-0.15, -0.1) is 0 Å². The van der Waals surface area contributed by atoms with Gasteiger partial charge in [-0.2, -0.15) is 0 Å². The van der Waals surface area contributed by atoms with Gasteiger partial charge in [0.25, 0.3) is 0 Å². The molecule has 0 spiro atoms. The summed E-state index contributed by atoms with van der Waals surface area (Å²) in [6, 6.07) is 1.52. The van der Waals surface area contributed by atoms with Crippen molar-refractivity contribution in [3.63, 3.8) is 0 Å². The van der Waals surface area contributed by atoms with Crippen molar-refractivity contribution >= 4 is 67.1 Å². The van der Waals surface area contributed by atoms with Crippen molar-refractivity contribution in [1.29, 1.82) is 0 Å². The number of nitrogens with zero attached hydrogens (tertiary/aromatic N) is 1. The summed E-state index contributed by atoms with van der Waals surface area (Å²) in [5.41, 5.74) is -0.545. The summed E-state index contributed by atoms with van der Waals surface area (Å²) < 4.78 is 15.4. The van der Waals surface area contributed by atoms with Crippen molar-refractivity contribution < 1.29 is 33.7 Å². The van der Waals surface area contributed by atoms with Gasteiger partial charge in [-0.3, -0.25) is 0 Å². The first-order chi connectivity index (χ1) is 12.2. The fourth-order valence-electron chi connectivity index (χ4n) is 2.36. The SMILES string of the molecule is COC(=O)C1=C(C(=O)OC)N(c2c(Br)cc(Br)c(Cl)c2C(=O)O)COC1. The van der Waals surface area contributed by atoms with E-state index >= 15 is 0 Å². The maximum atomic E-state index is 12.3. The number of carbonyl (C=O) groups excluding carboxylic acids is 2. The highest BCUT2D eigenvalue weighted by Crippen LogP contribution is 2.42. The van der Waals surface area contributed by atoms with Crippen molar-refractivity contribution in [1.82, 2.24) is 0 Å². The lowest BCUT2D eigenvalue weighted by Gasteiger charge is -2.33. The molecule has 8 nitrogen and oxygen atoms in total. The molecule has 0 radical (unpaired) electrons. The molecule has 1 aliphatic rings. The molecule has 0 atom stereocenters. The van der Waals surface area contributed by atoms with Crippen LogP contribution < -0.4 is 4.90 Å². The molecule has 0 saturated carbocycles. The van der Waals surface area contributed by atoms with Gasteiger partial charge in [-0.1, -0.05) is 11.6 Å². The Kier molecular flexibility index (Phi) is 6.67. The number of aromatic carboxylic acids is 1. The zero-order valence-corrected chi connectivity index (χ0v) is 17.4. The Morgan fingerprint density at radius 3 is 2.35 bits per heavy atom. The van der Waals surface area contributed by atoms with Crippen LogP contribution in [0.1, 0.15) is 10.4 Å². The van der Waals surface area contributed by atoms with Crippen LogP contribution in [0.25, 0.3) is 0 Å². The molecule has 1 aromatic rings. The molecule has 1 heterocycles. The second kappa shape index (κ2) is 8.38. The Balaban J connectivity index is 2.81. The second-order valence-corrected chi connectivity index (χ2v) is 6.99. The number of anilines is 1. The second-order valence-electron chi connectivity index (χ2n) is 4.90. The van der Waals surface area contributed by atoms with Crippen molar-refractivity contribution in [2.75, 3.05) is 32.5 Å². The van der Waals surface area contributed by atoms with Gasteiger partial charge in [0.2, 0.25) is 0 Å². The van der Waals surface area contributed by atoms with Crippen LogP contribution in [0.15, 0.2) is 26.3 Å². The average Bonchev–Trinajstić information content (AvgIpc) is 2.62. The van der Waals surface area contributed by atoms with Crippen LogP contribution in [0, 0.1) is 0 Å². The van der Waals surface area contributed by atoms with Crippen LogP contribution in [-0.2, 0) is 23.8 Å². The molecule has 140 valence electrons. The molecule has 1 aliphatic heterocycles. The van der Waals surface area contributed by atoms with Gasteiger partial charge in [-0.25, -0.2) is 14.4 Å². The molecule has 1 N–H and O–H groups in total. The number of ether oxygens (including phenoxy) is 3. The molecule has 0 bridgehead atoms. The maximum Gasteiger partial charge on any atom is 0.355 e. The van der Waals surface area contributed by atoms with E-state index in [1.807, 2.05) is 0 Å². The van der Waals surface area contributed by atoms with Gasteiger partial charge >= 0.3 is 17.9 Å². The molecule has 0 unspecified atom stereocenters. The molecule has 0 aliphatic carbocycles. The molecule has 11 heteroatoms. The van der Waals surface area contributed by atoms with Crippen LogP contribution in [0.2, 0.25) is 5.02 Å². The van der Waals surface area contributed by atoms with E-state index in [0.29, 0.717) is 8.95 Å². The van der Waals surface area contributed by atoms with E-state index in [9.17, 15) is 19.5 Å². The standard InChI is InChI=1S/C15H12Br2ClNO7/c1-24-14(22)6-4-26-5-19(11(6)15(23)25-2)12-8(17)3-7(16)10(18)9(12)13(20)21/h3H,4-5H2,1-2H3,(H,20,21). The number of carboxylic acids is 1. The van der Waals surface area contributed by atoms with Crippen molar-refractivity contribution in [3.8, 4) is 0 Å². The first-order valence-electron chi connectivity index (χ1n) is 6.90. The summed E-state index contributed by atoms with van der Waals surface area (Å²) in [6.07, 6.45) is 0. The Morgan fingerprint density at radius 1 is 1.19 bits per heavy atom. The lowest BCUT2D eigenvalue weighted by Crippen LogP contribution is -2.39. The molecule has 1 aromatic carbocycles. The van der Waals surface area contributed by atoms with Gasteiger partial charge in [0, 0.05) is 8.95 Å². The summed E-state index contributed by atoms with van der Waals surface area (Å²) in [7, 11) is 2.29. The zero-order chi connectivity index (χ0) is 19.6. The topological polar surface area (TPSA) is 102 Å². The number of rotatable bonds is 4. The Hall–Kier alpha value is -1.62. The molecule has 0 aromatic heterocycles. The van der Waals surface area contributed by atoms with Crippen LogP contribution in [0.5, 0.6) is 0 Å². The number of halogens is 3. The molecule has 0 amide bonds. The lowest BCUT2D eigenvalue weighted by atomic mass is 10.1. The van der Waals surface area contributed by atoms with Crippen LogP contribution in [0.4, 0.5) is 5.69 Å². The minimum Gasteiger partial charge on any atom is -0.478 e. The largest absolute Gasteiger partial charge is 0.478 e. The number of carboxylic acid groups (broad SMARTS) is 1. The first kappa shape index (κ1) is 20.7. The summed E-state index contributed by atoms with van der Waals surface area (Å²) in [5, 5.41) is 9.53. The van der Waals surface area contributed by atoms with E-state index in [-0.39, 0.29) is 40.9 Å². The third kappa shape index (κ3) is 3.73. The highest BCUT2D eigenvalue weighted by Gasteiger charge is 2.36. The van der Waals surface area contributed by atoms with Gasteiger partial charge in [0.05, 0.1) is 37.1 Å². The van der Waals surface area contributed by atoms with E-state index in [1.54, 1.807) is 0 Å². The number of carbonyl (C=O) groups is 3. The minimum absolute atomic E-state index is 0.0344. The first-order valence-corrected chi connectivity index (χ1v) is 8.86. The zero-order valence-electron chi connectivity index (χ0n) is 13.5. The van der Waals surface area contributed by atoms with E-state index < -0.39 is 17.9 Å². The number of benzene rings is 1. The quantitative estimate of drug-likeness (QED) is 0.485. The van der Waals surface area contributed by atoms with Gasteiger partial charge < -0.3 is 24.2 Å². The van der Waals surface area contributed by atoms with Crippen LogP contribution in [-0.4, -0.2) is 50.6 Å². The van der Waals surface area contributed by atoms with E-state index in [1.165, 1.54) is 11.0 Å². The van der Waals surface area contributed by atoms with Crippen LogP contribution >= 0.6 is 43.5 Å². The summed E-state index contributed by atoms with van der Waals surface area (Å²) in [5.74, 6) is -2.98. The Labute approximate surface area is 169 Å². The van der Waals surface area contributed by atoms with E-state index in [4.69, 9.17) is 21.1 Å². The van der Waals surface area contributed by atoms with Gasteiger partial charge in [0.1, 0.15) is 18.0 Å². The number of hydrogen-bond donors (Lipinski definition) is 1. The van der Waals surface area contributed by atoms with E-state index in [2.05, 4.69) is 36.6 Å². The van der Waals surface area contributed by atoms with Crippen molar-refractivity contribution in [2.45, 2.75) is 0 Å². The maximum absolute atomic E-state index is 12.3. The smallest absolute Gasteiger partial charge is 0.355 e. The molecule has 2 rings (SSSR count). The Bertz CT molecular complexity index is 825. The minimum atomic E-state index is -1.33. The van der Waals surface area contributed by atoms with Gasteiger partial charge in [-0.05, 0) is 37.9 Å². The lowest BCUT2D eigenvalue weighted by molar-refractivity contribution is -0.140. The Morgan fingerprint density at radius 2 is 1.81 bits per heavy atom. The highest BCUT2D eigenvalue weighted by atomic mass is 79.9. The predicted octanol–water partition coefficient (Wildman–Crippen LogP) is 2.96. The third-order valence-corrected chi connectivity index (χ3v) is 5.31. The number of esters is 2. The molecular formula is C15H12Br2ClNO7. The summed E-state index contributed by atoms with van der Waals surface area (Å²) >= 11 is 12.6. The molecule has 0 fully saturated rings. The average molecular weight is 514 g/mol. The fourth-order valence-corrected chi connectivity index (χ4v) is 3.97. The summed E-state index contributed by atoms with van der Waals surface area (Å²) in [4.78, 5) is 37.4. The number of hydrogen-bond acceptors (Lipinski definition) is 7. The third-order valence-electron chi connectivity index (χ3n) is 3.46. The fraction of sp³-hybridized carbons (Fsp3) is 0.267. The summed E-state index contributed by atoms with van der Waals surface area (Å²) in [6.45, 7) is -0.403. The van der Waals surface area contributed by atoms with E-state index in [0.717, 1.165) is 14.2 Å². The molecular weight excluding hydrogens is 501 g/mol. The van der Waals surface area contributed by atoms with Gasteiger partial charge in [0.15, 0.2) is 0 Å². The van der Waals surface area contributed by atoms with Crippen molar-refractivity contribution in [3.05, 3.63) is 36.9 Å². The molecule has 26 heavy (non-hydrogen) atoms. The monoisotopic (exact) mass is 511 g/mol.